The smallest absolute Gasteiger partial charge is 0.286 e. The van der Waals surface area contributed by atoms with Gasteiger partial charge in [0.15, 0.2) is 16.6 Å². The Kier molecular flexibility index (Phi) is 5.32. The van der Waals surface area contributed by atoms with E-state index < -0.39 is 16.5 Å². The maximum atomic E-state index is 12.7. The standard InChI is InChI=1S/C18H17N3O6S/c1-9-5-6-12(25-2)15-16(9)28-18(19-15)20-17(22)10-7-13(26-3)14(27-4)8-11(10)21(23)24/h5-8H,1-4H3,(H,19,20,22). The topological polar surface area (TPSA) is 113 Å². The number of aryl methyl sites for hydroxylation is 1. The fourth-order valence-electron chi connectivity index (χ4n) is 2.69. The number of hydrogen-bond acceptors (Lipinski definition) is 8. The van der Waals surface area contributed by atoms with Gasteiger partial charge in [0.2, 0.25) is 0 Å². The van der Waals surface area contributed by atoms with Crippen LogP contribution in [0.2, 0.25) is 0 Å². The van der Waals surface area contributed by atoms with Crippen LogP contribution in [0.25, 0.3) is 10.2 Å². The molecule has 1 heterocycles. The average Bonchev–Trinajstić information content (AvgIpc) is 3.11. The lowest BCUT2D eigenvalue weighted by molar-refractivity contribution is -0.385. The van der Waals surface area contributed by atoms with E-state index in [2.05, 4.69) is 10.3 Å². The number of carbonyl (C=O) groups is 1. The molecule has 0 bridgehead atoms. The molecule has 0 spiro atoms. The second-order valence-electron chi connectivity index (χ2n) is 5.72. The molecule has 0 aliphatic heterocycles. The summed E-state index contributed by atoms with van der Waals surface area (Å²) < 4.78 is 16.4. The molecular weight excluding hydrogens is 386 g/mol. The van der Waals surface area contributed by atoms with E-state index in [0.717, 1.165) is 16.3 Å². The number of benzene rings is 2. The van der Waals surface area contributed by atoms with Gasteiger partial charge in [0, 0.05) is 6.07 Å². The van der Waals surface area contributed by atoms with Crippen LogP contribution in [0.3, 0.4) is 0 Å². The lowest BCUT2D eigenvalue weighted by atomic mass is 10.1. The highest BCUT2D eigenvalue weighted by atomic mass is 32.1. The quantitative estimate of drug-likeness (QED) is 0.492. The summed E-state index contributed by atoms with van der Waals surface area (Å²) in [5, 5.41) is 14.3. The summed E-state index contributed by atoms with van der Waals surface area (Å²) >= 11 is 1.26. The van der Waals surface area contributed by atoms with Crippen molar-refractivity contribution in [1.29, 1.82) is 0 Å². The van der Waals surface area contributed by atoms with Gasteiger partial charge in [-0.05, 0) is 18.6 Å². The number of nitro benzene ring substituents is 1. The normalized spacial score (nSPS) is 10.6. The molecule has 1 N–H and O–H groups in total. The largest absolute Gasteiger partial charge is 0.494 e. The molecule has 1 aromatic heterocycles. The summed E-state index contributed by atoms with van der Waals surface area (Å²) in [5.41, 5.74) is 1.03. The number of hydrogen-bond donors (Lipinski definition) is 1. The van der Waals surface area contributed by atoms with Gasteiger partial charge in [-0.25, -0.2) is 4.98 Å². The van der Waals surface area contributed by atoms with Gasteiger partial charge in [0.05, 0.1) is 37.0 Å². The zero-order valence-electron chi connectivity index (χ0n) is 15.6. The Hall–Kier alpha value is -3.40. The predicted octanol–water partition coefficient (Wildman–Crippen LogP) is 3.79. The summed E-state index contributed by atoms with van der Waals surface area (Å²) in [4.78, 5) is 27.9. The van der Waals surface area contributed by atoms with Crippen LogP contribution in [-0.2, 0) is 0 Å². The zero-order valence-corrected chi connectivity index (χ0v) is 16.4. The van der Waals surface area contributed by atoms with Gasteiger partial charge in [0.25, 0.3) is 11.6 Å². The van der Waals surface area contributed by atoms with Gasteiger partial charge >= 0.3 is 0 Å². The highest BCUT2D eigenvalue weighted by Gasteiger charge is 2.25. The van der Waals surface area contributed by atoms with Crippen molar-refractivity contribution in [3.63, 3.8) is 0 Å². The van der Waals surface area contributed by atoms with Crippen LogP contribution in [0.1, 0.15) is 15.9 Å². The first-order valence-corrected chi connectivity index (χ1v) is 8.87. The minimum absolute atomic E-state index is 0.158. The van der Waals surface area contributed by atoms with E-state index in [1.165, 1.54) is 38.7 Å². The van der Waals surface area contributed by atoms with Gasteiger partial charge in [-0.1, -0.05) is 17.4 Å². The Bertz CT molecular complexity index is 1080. The predicted molar refractivity (Wildman–Crippen MR) is 105 cm³/mol. The minimum Gasteiger partial charge on any atom is -0.494 e. The summed E-state index contributed by atoms with van der Waals surface area (Å²) in [5.74, 6) is 0.268. The molecule has 0 aliphatic rings. The molecule has 28 heavy (non-hydrogen) atoms. The maximum Gasteiger partial charge on any atom is 0.286 e. The fraction of sp³-hybridized carbons (Fsp3) is 0.222. The molecule has 3 aromatic rings. The first kappa shape index (κ1) is 19.4. The number of rotatable bonds is 6. The molecule has 9 nitrogen and oxygen atoms in total. The van der Waals surface area contributed by atoms with E-state index in [1.807, 2.05) is 13.0 Å². The Labute approximate surface area is 164 Å². The fourth-order valence-corrected chi connectivity index (χ4v) is 3.64. The van der Waals surface area contributed by atoms with Crippen LogP contribution >= 0.6 is 11.3 Å². The molecule has 0 radical (unpaired) electrons. The Balaban J connectivity index is 2.02. The number of nitrogens with zero attached hydrogens (tertiary/aromatic N) is 2. The van der Waals surface area contributed by atoms with Crippen molar-refractivity contribution in [2.24, 2.45) is 0 Å². The number of carbonyl (C=O) groups excluding carboxylic acids is 1. The van der Waals surface area contributed by atoms with E-state index in [0.29, 0.717) is 16.4 Å². The number of fused-ring (bicyclic) bond motifs is 1. The lowest BCUT2D eigenvalue weighted by Crippen LogP contribution is -2.14. The molecule has 146 valence electrons. The molecule has 0 atom stereocenters. The molecule has 0 aliphatic carbocycles. The van der Waals surface area contributed by atoms with Crippen LogP contribution < -0.4 is 19.5 Å². The Morgan fingerprint density at radius 3 is 2.36 bits per heavy atom. The number of aromatic nitrogens is 1. The molecular formula is C18H17N3O6S. The first-order valence-electron chi connectivity index (χ1n) is 8.05. The third-order valence-electron chi connectivity index (χ3n) is 4.09. The van der Waals surface area contributed by atoms with Crippen molar-refractivity contribution in [2.45, 2.75) is 6.92 Å². The van der Waals surface area contributed by atoms with E-state index >= 15 is 0 Å². The van der Waals surface area contributed by atoms with Crippen molar-refractivity contribution < 1.29 is 23.9 Å². The number of methoxy groups -OCH3 is 3. The van der Waals surface area contributed by atoms with Gasteiger partial charge in [0.1, 0.15) is 16.8 Å². The van der Waals surface area contributed by atoms with Gasteiger partial charge in [-0.15, -0.1) is 0 Å². The summed E-state index contributed by atoms with van der Waals surface area (Å²) in [6, 6.07) is 6.11. The van der Waals surface area contributed by atoms with Crippen LogP contribution in [0.15, 0.2) is 24.3 Å². The highest BCUT2D eigenvalue weighted by Crippen LogP contribution is 2.37. The monoisotopic (exact) mass is 403 g/mol. The number of anilines is 1. The van der Waals surface area contributed by atoms with E-state index in [-0.39, 0.29) is 17.1 Å². The molecule has 10 heteroatoms. The Morgan fingerprint density at radius 2 is 1.75 bits per heavy atom. The number of amides is 1. The third-order valence-corrected chi connectivity index (χ3v) is 5.19. The van der Waals surface area contributed by atoms with Crippen molar-refractivity contribution in [3.8, 4) is 17.2 Å². The van der Waals surface area contributed by atoms with Crippen LogP contribution in [0.4, 0.5) is 10.8 Å². The van der Waals surface area contributed by atoms with Gasteiger partial charge in [-0.3, -0.25) is 20.2 Å². The summed E-state index contributed by atoms with van der Waals surface area (Å²) in [7, 11) is 4.28. The number of nitro groups is 1. The first-order chi connectivity index (χ1) is 13.4. The lowest BCUT2D eigenvalue weighted by Gasteiger charge is -2.10. The van der Waals surface area contributed by atoms with E-state index in [4.69, 9.17) is 14.2 Å². The second-order valence-corrected chi connectivity index (χ2v) is 6.72. The number of nitrogens with one attached hydrogen (secondary N) is 1. The third kappa shape index (κ3) is 3.41. The van der Waals surface area contributed by atoms with E-state index in [9.17, 15) is 14.9 Å². The van der Waals surface area contributed by atoms with Crippen LogP contribution in [0.5, 0.6) is 17.2 Å². The van der Waals surface area contributed by atoms with Gasteiger partial charge < -0.3 is 14.2 Å². The Morgan fingerprint density at radius 1 is 1.11 bits per heavy atom. The summed E-state index contributed by atoms with van der Waals surface area (Å²) in [6.45, 7) is 1.92. The van der Waals surface area contributed by atoms with Crippen molar-refractivity contribution in [2.75, 3.05) is 26.6 Å². The van der Waals surface area contributed by atoms with E-state index in [1.54, 1.807) is 6.07 Å². The highest BCUT2D eigenvalue weighted by molar-refractivity contribution is 7.22. The summed E-state index contributed by atoms with van der Waals surface area (Å²) in [6.07, 6.45) is 0. The van der Waals surface area contributed by atoms with Crippen molar-refractivity contribution >= 4 is 38.3 Å². The van der Waals surface area contributed by atoms with Crippen molar-refractivity contribution in [3.05, 3.63) is 45.5 Å². The maximum absolute atomic E-state index is 12.7. The molecule has 1 amide bonds. The molecule has 0 unspecified atom stereocenters. The molecule has 0 saturated carbocycles. The molecule has 0 fully saturated rings. The van der Waals surface area contributed by atoms with Crippen LogP contribution in [-0.4, -0.2) is 37.1 Å². The second kappa shape index (κ2) is 7.69. The molecule has 0 saturated heterocycles. The zero-order chi connectivity index (χ0) is 20.4. The van der Waals surface area contributed by atoms with Crippen molar-refractivity contribution in [1.82, 2.24) is 4.98 Å². The SMILES string of the molecule is COc1cc(C(=O)Nc2nc3c(OC)ccc(C)c3s2)c([N+](=O)[O-])cc1OC. The minimum atomic E-state index is -0.677. The van der Waals surface area contributed by atoms with Gasteiger partial charge in [-0.2, -0.15) is 0 Å². The average molecular weight is 403 g/mol. The molecule has 3 rings (SSSR count). The molecule has 2 aromatic carbocycles. The van der Waals surface area contributed by atoms with Crippen LogP contribution in [0, 0.1) is 17.0 Å². The number of ether oxygens (including phenoxy) is 3. The number of thiazole rings is 1.